The molecule has 0 radical (unpaired) electrons. The average molecular weight is 399 g/mol. The third-order valence-electron chi connectivity index (χ3n) is 6.03. The van der Waals surface area contributed by atoms with Gasteiger partial charge in [0.1, 0.15) is 5.52 Å². The molecule has 6 heteroatoms. The lowest BCUT2D eigenvalue weighted by atomic mass is 10.0. The number of hydrogen-bond acceptors (Lipinski definition) is 3. The monoisotopic (exact) mass is 399 g/mol. The van der Waals surface area contributed by atoms with Crippen molar-refractivity contribution in [3.05, 3.63) is 61.1 Å². The highest BCUT2D eigenvalue weighted by Gasteiger charge is 2.26. The second-order valence-corrected chi connectivity index (χ2v) is 8.14. The van der Waals surface area contributed by atoms with Gasteiger partial charge in [-0.2, -0.15) is 0 Å². The molecule has 1 fully saturated rings. The molecule has 0 unspecified atom stereocenters. The first kappa shape index (κ1) is 18.6. The van der Waals surface area contributed by atoms with E-state index in [1.165, 1.54) is 10.8 Å². The van der Waals surface area contributed by atoms with E-state index in [2.05, 4.69) is 52.0 Å². The third-order valence-corrected chi connectivity index (χ3v) is 6.03. The molecule has 2 amide bonds. The molecule has 6 nitrogen and oxygen atoms in total. The molecule has 4 aromatic rings. The highest BCUT2D eigenvalue weighted by atomic mass is 16.2. The van der Waals surface area contributed by atoms with Crippen LogP contribution in [-0.2, 0) is 0 Å². The van der Waals surface area contributed by atoms with Crippen molar-refractivity contribution in [1.29, 1.82) is 0 Å². The molecular weight excluding hydrogens is 374 g/mol. The summed E-state index contributed by atoms with van der Waals surface area (Å²) in [5.41, 5.74) is 4.10. The number of urea groups is 1. The van der Waals surface area contributed by atoms with Crippen LogP contribution in [0.1, 0.15) is 18.9 Å². The van der Waals surface area contributed by atoms with Crippen molar-refractivity contribution in [2.24, 2.45) is 0 Å². The van der Waals surface area contributed by atoms with E-state index in [4.69, 9.17) is 4.98 Å². The van der Waals surface area contributed by atoms with E-state index in [1.54, 1.807) is 19.0 Å². The fourth-order valence-electron chi connectivity index (χ4n) is 4.41. The summed E-state index contributed by atoms with van der Waals surface area (Å²) in [7, 11) is 3.60. The molecule has 0 saturated carbocycles. The van der Waals surface area contributed by atoms with Gasteiger partial charge in [-0.15, -0.1) is 0 Å². The number of benzene rings is 2. The molecule has 5 rings (SSSR count). The first-order valence-corrected chi connectivity index (χ1v) is 10.4. The molecule has 0 bridgehead atoms. The third kappa shape index (κ3) is 3.18. The van der Waals surface area contributed by atoms with Crippen molar-refractivity contribution in [1.82, 2.24) is 24.3 Å². The smallest absolute Gasteiger partial charge is 0.319 e. The van der Waals surface area contributed by atoms with Crippen LogP contribution in [0, 0.1) is 0 Å². The minimum atomic E-state index is 0.0839. The maximum atomic E-state index is 12.2. The molecule has 152 valence electrons. The zero-order valence-electron chi connectivity index (χ0n) is 17.3. The number of nitrogens with zero attached hydrogens (tertiary/aromatic N) is 5. The summed E-state index contributed by atoms with van der Waals surface area (Å²) in [4.78, 5) is 25.2. The van der Waals surface area contributed by atoms with Gasteiger partial charge in [0.2, 0.25) is 0 Å². The van der Waals surface area contributed by atoms with Crippen LogP contribution in [-0.4, -0.2) is 57.6 Å². The van der Waals surface area contributed by atoms with Gasteiger partial charge in [0.25, 0.3) is 0 Å². The van der Waals surface area contributed by atoms with Gasteiger partial charge in [-0.25, -0.2) is 14.8 Å². The van der Waals surface area contributed by atoms with E-state index < -0.39 is 0 Å². The number of hydrogen-bond donors (Lipinski definition) is 0. The standard InChI is InChI=1S/C24H25N5O/c1-27(2)24(30)28-13-10-20(11-14-28)29-16-26-22-21(9-12-25-23(22)29)19-8-7-17-5-3-4-6-18(17)15-19/h3-9,12,15-16,20H,10-11,13-14H2,1-2H3. The first-order valence-electron chi connectivity index (χ1n) is 10.4. The number of imidazole rings is 1. The van der Waals surface area contributed by atoms with Crippen LogP contribution < -0.4 is 0 Å². The molecule has 1 aliphatic rings. The fraction of sp³-hybridized carbons (Fsp3) is 0.292. The number of rotatable bonds is 2. The van der Waals surface area contributed by atoms with Gasteiger partial charge < -0.3 is 14.4 Å². The summed E-state index contributed by atoms with van der Waals surface area (Å²) in [6, 6.07) is 17.4. The molecule has 3 heterocycles. The van der Waals surface area contributed by atoms with Gasteiger partial charge in [-0.3, -0.25) is 0 Å². The van der Waals surface area contributed by atoms with Crippen molar-refractivity contribution >= 4 is 28.0 Å². The van der Waals surface area contributed by atoms with Crippen LogP contribution in [0.4, 0.5) is 4.79 Å². The summed E-state index contributed by atoms with van der Waals surface area (Å²) >= 11 is 0. The highest BCUT2D eigenvalue weighted by molar-refractivity contribution is 5.94. The Balaban J connectivity index is 1.46. The van der Waals surface area contributed by atoms with Crippen molar-refractivity contribution in [3.8, 4) is 11.1 Å². The second-order valence-electron chi connectivity index (χ2n) is 8.14. The van der Waals surface area contributed by atoms with E-state index in [1.807, 2.05) is 23.5 Å². The Kier molecular flexibility index (Phi) is 4.62. The molecule has 0 spiro atoms. The Hall–Kier alpha value is -3.41. The van der Waals surface area contributed by atoms with Crippen LogP contribution >= 0.6 is 0 Å². The van der Waals surface area contributed by atoms with E-state index in [9.17, 15) is 4.79 Å². The van der Waals surface area contributed by atoms with Gasteiger partial charge in [0.05, 0.1) is 6.33 Å². The number of aromatic nitrogens is 3. The molecule has 0 N–H and O–H groups in total. The number of likely N-dealkylation sites (tertiary alicyclic amines) is 1. The van der Waals surface area contributed by atoms with Crippen LogP contribution in [0.15, 0.2) is 61.1 Å². The normalized spacial score (nSPS) is 15.1. The molecule has 2 aromatic heterocycles. The molecule has 1 aliphatic heterocycles. The van der Waals surface area contributed by atoms with E-state index in [0.717, 1.165) is 48.2 Å². The minimum absolute atomic E-state index is 0.0839. The number of pyridine rings is 1. The summed E-state index contributed by atoms with van der Waals surface area (Å²) in [5.74, 6) is 0. The molecule has 30 heavy (non-hydrogen) atoms. The topological polar surface area (TPSA) is 54.3 Å². The van der Waals surface area contributed by atoms with Crippen LogP contribution in [0.3, 0.4) is 0 Å². The van der Waals surface area contributed by atoms with E-state index in [0.29, 0.717) is 6.04 Å². The number of piperidine rings is 1. The number of amides is 2. The molecule has 2 aromatic carbocycles. The van der Waals surface area contributed by atoms with Crippen molar-refractivity contribution in [2.45, 2.75) is 18.9 Å². The van der Waals surface area contributed by atoms with Crippen molar-refractivity contribution in [2.75, 3.05) is 27.2 Å². The van der Waals surface area contributed by atoms with Crippen LogP contribution in [0.2, 0.25) is 0 Å². The molecule has 0 atom stereocenters. The predicted molar refractivity (Wildman–Crippen MR) is 119 cm³/mol. The lowest BCUT2D eigenvalue weighted by Crippen LogP contribution is -2.44. The maximum Gasteiger partial charge on any atom is 0.319 e. The van der Waals surface area contributed by atoms with Crippen LogP contribution in [0.25, 0.3) is 33.1 Å². The molecule has 0 aliphatic carbocycles. The van der Waals surface area contributed by atoms with E-state index in [-0.39, 0.29) is 6.03 Å². The van der Waals surface area contributed by atoms with Crippen molar-refractivity contribution < 1.29 is 4.79 Å². The zero-order chi connectivity index (χ0) is 20.7. The number of carbonyl (C=O) groups is 1. The lowest BCUT2D eigenvalue weighted by molar-refractivity contribution is 0.149. The van der Waals surface area contributed by atoms with Gasteiger partial charge in [0, 0.05) is 45.0 Å². The number of carbonyl (C=O) groups excluding carboxylic acids is 1. The SMILES string of the molecule is CN(C)C(=O)N1CCC(n2cnc3c(-c4ccc5ccccc5c4)ccnc32)CC1. The van der Waals surface area contributed by atoms with Crippen molar-refractivity contribution in [3.63, 3.8) is 0 Å². The highest BCUT2D eigenvalue weighted by Crippen LogP contribution is 2.32. The zero-order valence-corrected chi connectivity index (χ0v) is 17.3. The van der Waals surface area contributed by atoms with Crippen LogP contribution in [0.5, 0.6) is 0 Å². The Morgan fingerprint density at radius 1 is 1.00 bits per heavy atom. The summed E-state index contributed by atoms with van der Waals surface area (Å²) in [6.45, 7) is 1.51. The fourth-order valence-corrected chi connectivity index (χ4v) is 4.41. The van der Waals surface area contributed by atoms with Gasteiger partial charge >= 0.3 is 6.03 Å². The maximum absolute atomic E-state index is 12.2. The largest absolute Gasteiger partial charge is 0.331 e. The van der Waals surface area contributed by atoms with Gasteiger partial charge in [0.15, 0.2) is 5.65 Å². The Morgan fingerprint density at radius 2 is 1.77 bits per heavy atom. The number of fused-ring (bicyclic) bond motifs is 2. The van der Waals surface area contributed by atoms with E-state index >= 15 is 0 Å². The Labute approximate surface area is 175 Å². The molecular formula is C24H25N5O. The Bertz CT molecular complexity index is 1220. The second kappa shape index (κ2) is 7.44. The quantitative estimate of drug-likeness (QED) is 0.496. The Morgan fingerprint density at radius 3 is 2.53 bits per heavy atom. The summed E-state index contributed by atoms with van der Waals surface area (Å²) in [5, 5.41) is 2.45. The lowest BCUT2D eigenvalue weighted by Gasteiger charge is -2.34. The first-order chi connectivity index (χ1) is 14.6. The van der Waals surface area contributed by atoms with Gasteiger partial charge in [-0.05, 0) is 41.3 Å². The molecule has 1 saturated heterocycles. The van der Waals surface area contributed by atoms with Gasteiger partial charge in [-0.1, -0.05) is 36.4 Å². The average Bonchev–Trinajstić information content (AvgIpc) is 3.22. The minimum Gasteiger partial charge on any atom is -0.331 e. The summed E-state index contributed by atoms with van der Waals surface area (Å²) in [6.07, 6.45) is 5.60. The summed E-state index contributed by atoms with van der Waals surface area (Å²) < 4.78 is 2.19. The predicted octanol–water partition coefficient (Wildman–Crippen LogP) is 4.57.